The van der Waals surface area contributed by atoms with Gasteiger partial charge in [-0.05, 0) is 23.8 Å². The predicted molar refractivity (Wildman–Crippen MR) is 98.4 cm³/mol. The van der Waals surface area contributed by atoms with Gasteiger partial charge in [0.1, 0.15) is 18.0 Å². The molecule has 0 bridgehead atoms. The Hall–Kier alpha value is -3.56. The van der Waals surface area contributed by atoms with E-state index in [-0.39, 0.29) is 0 Å². The number of imidazole rings is 1. The third kappa shape index (κ3) is 3.90. The quantitative estimate of drug-likeness (QED) is 0.549. The van der Waals surface area contributed by atoms with Gasteiger partial charge in [-0.25, -0.2) is 9.97 Å². The first-order chi connectivity index (χ1) is 13.4. The number of nitrogen functional groups attached to an aromatic ring is 1. The van der Waals surface area contributed by atoms with Crippen molar-refractivity contribution < 1.29 is 13.2 Å². The van der Waals surface area contributed by atoms with Crippen LogP contribution in [0.2, 0.25) is 0 Å². The minimum atomic E-state index is -4.33. The number of nitrogens with two attached hydrogens (primary N) is 1. The molecule has 4 aromatic heterocycles. The molecule has 3 N–H and O–H groups in total. The van der Waals surface area contributed by atoms with Crippen LogP contribution in [0.15, 0.2) is 55.2 Å². The SMILES string of the molecule is Nc1ccc(-c2cnn(CC(F)(F)F)c2)nc1NCc1ccc2nccn2c1. The molecule has 0 spiro atoms. The standard InChI is InChI=1S/C18H16F3N7/c19-18(20,21)11-28-10-13(8-25-28)15-3-2-14(22)17(26-15)24-7-12-1-4-16-23-5-6-27(16)9-12/h1-6,8-10H,7,11,22H2,(H,24,26). The molecule has 0 atom stereocenters. The molecule has 0 unspecified atom stereocenters. The molecular formula is C18H16F3N7. The first-order valence-electron chi connectivity index (χ1n) is 8.39. The maximum atomic E-state index is 12.5. The third-order valence-corrected chi connectivity index (χ3v) is 4.11. The molecule has 0 aliphatic heterocycles. The summed E-state index contributed by atoms with van der Waals surface area (Å²) in [6.07, 6.45) is 3.83. The van der Waals surface area contributed by atoms with Crippen LogP contribution in [0.5, 0.6) is 0 Å². The van der Waals surface area contributed by atoms with Gasteiger partial charge in [-0.3, -0.25) is 4.68 Å². The van der Waals surface area contributed by atoms with Crippen molar-refractivity contribution in [1.29, 1.82) is 0 Å². The molecule has 0 amide bonds. The number of anilines is 2. The van der Waals surface area contributed by atoms with Crippen molar-refractivity contribution in [2.24, 2.45) is 0 Å². The summed E-state index contributed by atoms with van der Waals surface area (Å²) in [6, 6.07) is 7.15. The molecule has 4 rings (SSSR count). The van der Waals surface area contributed by atoms with Crippen LogP contribution < -0.4 is 11.1 Å². The van der Waals surface area contributed by atoms with Gasteiger partial charge < -0.3 is 15.5 Å². The molecule has 0 radical (unpaired) electrons. The summed E-state index contributed by atoms with van der Waals surface area (Å²) in [5.41, 5.74) is 9.23. The summed E-state index contributed by atoms with van der Waals surface area (Å²) in [7, 11) is 0. The topological polar surface area (TPSA) is 86.1 Å². The zero-order valence-corrected chi connectivity index (χ0v) is 14.6. The number of alkyl halides is 3. The fourth-order valence-electron chi connectivity index (χ4n) is 2.79. The van der Waals surface area contributed by atoms with Crippen LogP contribution in [0.4, 0.5) is 24.7 Å². The van der Waals surface area contributed by atoms with Gasteiger partial charge in [0, 0.05) is 36.9 Å². The van der Waals surface area contributed by atoms with Crippen molar-refractivity contribution in [3.8, 4) is 11.3 Å². The van der Waals surface area contributed by atoms with Crippen LogP contribution in [0.1, 0.15) is 5.56 Å². The lowest BCUT2D eigenvalue weighted by Crippen LogP contribution is -2.17. The van der Waals surface area contributed by atoms with E-state index < -0.39 is 12.7 Å². The highest BCUT2D eigenvalue weighted by Gasteiger charge is 2.28. The number of rotatable bonds is 5. The highest BCUT2D eigenvalue weighted by atomic mass is 19.4. The first-order valence-corrected chi connectivity index (χ1v) is 8.39. The number of hydrogen-bond acceptors (Lipinski definition) is 5. The van der Waals surface area contributed by atoms with E-state index >= 15 is 0 Å². The molecule has 0 aliphatic carbocycles. The Morgan fingerprint density at radius 2 is 1.96 bits per heavy atom. The van der Waals surface area contributed by atoms with Crippen molar-refractivity contribution in [2.75, 3.05) is 11.1 Å². The number of fused-ring (bicyclic) bond motifs is 1. The molecule has 0 saturated heterocycles. The van der Waals surface area contributed by atoms with E-state index in [0.29, 0.717) is 29.3 Å². The van der Waals surface area contributed by atoms with Crippen LogP contribution in [0.25, 0.3) is 16.9 Å². The zero-order valence-electron chi connectivity index (χ0n) is 14.6. The zero-order chi connectivity index (χ0) is 19.7. The van der Waals surface area contributed by atoms with Gasteiger partial charge in [0.2, 0.25) is 0 Å². The van der Waals surface area contributed by atoms with Crippen LogP contribution in [-0.2, 0) is 13.1 Å². The van der Waals surface area contributed by atoms with E-state index in [4.69, 9.17) is 5.73 Å². The van der Waals surface area contributed by atoms with E-state index in [2.05, 4.69) is 20.4 Å². The normalized spacial score (nSPS) is 11.8. The van der Waals surface area contributed by atoms with E-state index in [1.54, 1.807) is 18.3 Å². The van der Waals surface area contributed by atoms with Gasteiger partial charge in [0.05, 0.1) is 17.6 Å². The summed E-state index contributed by atoms with van der Waals surface area (Å²) in [6.45, 7) is -0.675. The number of pyridine rings is 2. The minimum absolute atomic E-state index is 0.440. The summed E-state index contributed by atoms with van der Waals surface area (Å²) >= 11 is 0. The van der Waals surface area contributed by atoms with E-state index in [0.717, 1.165) is 15.9 Å². The lowest BCUT2D eigenvalue weighted by molar-refractivity contribution is -0.142. The lowest BCUT2D eigenvalue weighted by Gasteiger charge is -2.10. The number of hydrogen-bond donors (Lipinski definition) is 2. The lowest BCUT2D eigenvalue weighted by atomic mass is 10.2. The van der Waals surface area contributed by atoms with Crippen molar-refractivity contribution in [1.82, 2.24) is 24.1 Å². The smallest absolute Gasteiger partial charge is 0.396 e. The van der Waals surface area contributed by atoms with Crippen molar-refractivity contribution >= 4 is 17.2 Å². The molecular weight excluding hydrogens is 371 g/mol. The van der Waals surface area contributed by atoms with Gasteiger partial charge in [0.15, 0.2) is 0 Å². The van der Waals surface area contributed by atoms with E-state index in [1.807, 2.05) is 28.9 Å². The fraction of sp³-hybridized carbons (Fsp3) is 0.167. The maximum Gasteiger partial charge on any atom is 0.408 e. The van der Waals surface area contributed by atoms with Gasteiger partial charge in [-0.15, -0.1) is 0 Å². The second kappa shape index (κ2) is 6.87. The highest BCUT2D eigenvalue weighted by molar-refractivity contribution is 5.68. The average Bonchev–Trinajstić information content (AvgIpc) is 3.28. The number of nitrogens with zero attached hydrogens (tertiary/aromatic N) is 5. The van der Waals surface area contributed by atoms with Gasteiger partial charge in [0.25, 0.3) is 0 Å². The van der Waals surface area contributed by atoms with Crippen LogP contribution in [0.3, 0.4) is 0 Å². The Morgan fingerprint density at radius 1 is 1.11 bits per heavy atom. The van der Waals surface area contributed by atoms with Crippen LogP contribution in [-0.4, -0.2) is 30.3 Å². The number of halogens is 3. The first kappa shape index (κ1) is 17.8. The fourth-order valence-corrected chi connectivity index (χ4v) is 2.79. The van der Waals surface area contributed by atoms with E-state index in [1.165, 1.54) is 12.4 Å². The Kier molecular flexibility index (Phi) is 4.38. The second-order valence-electron chi connectivity index (χ2n) is 6.26. The monoisotopic (exact) mass is 387 g/mol. The highest BCUT2D eigenvalue weighted by Crippen LogP contribution is 2.24. The number of nitrogens with one attached hydrogen (secondary N) is 1. The largest absolute Gasteiger partial charge is 0.408 e. The Bertz CT molecular complexity index is 1110. The Labute approximate surface area is 157 Å². The van der Waals surface area contributed by atoms with Gasteiger partial charge in [-0.2, -0.15) is 18.3 Å². The minimum Gasteiger partial charge on any atom is -0.396 e. The van der Waals surface area contributed by atoms with Crippen LogP contribution in [0, 0.1) is 0 Å². The summed E-state index contributed by atoms with van der Waals surface area (Å²) < 4.78 is 40.2. The Morgan fingerprint density at radius 3 is 2.79 bits per heavy atom. The molecule has 4 aromatic rings. The van der Waals surface area contributed by atoms with Gasteiger partial charge in [-0.1, -0.05) is 6.07 Å². The number of aromatic nitrogens is 5. The average molecular weight is 387 g/mol. The molecule has 10 heteroatoms. The molecule has 0 aromatic carbocycles. The molecule has 7 nitrogen and oxygen atoms in total. The maximum absolute atomic E-state index is 12.5. The summed E-state index contributed by atoms with van der Waals surface area (Å²) in [4.78, 5) is 8.62. The summed E-state index contributed by atoms with van der Waals surface area (Å²) in [5.74, 6) is 0.451. The van der Waals surface area contributed by atoms with E-state index in [9.17, 15) is 13.2 Å². The van der Waals surface area contributed by atoms with Gasteiger partial charge >= 0.3 is 6.18 Å². The van der Waals surface area contributed by atoms with Crippen molar-refractivity contribution in [2.45, 2.75) is 19.3 Å². The molecule has 28 heavy (non-hydrogen) atoms. The second-order valence-corrected chi connectivity index (χ2v) is 6.26. The molecule has 0 fully saturated rings. The van der Waals surface area contributed by atoms with Crippen LogP contribution >= 0.6 is 0 Å². The molecule has 0 aliphatic rings. The predicted octanol–water partition coefficient (Wildman–Crippen LogP) is 3.35. The molecule has 4 heterocycles. The third-order valence-electron chi connectivity index (χ3n) is 4.11. The molecule has 144 valence electrons. The summed E-state index contributed by atoms with van der Waals surface area (Å²) in [5, 5.41) is 6.91. The Balaban J connectivity index is 1.52. The molecule has 0 saturated carbocycles. The van der Waals surface area contributed by atoms with Crippen molar-refractivity contribution in [3.05, 3.63) is 60.8 Å². The van der Waals surface area contributed by atoms with Crippen molar-refractivity contribution in [3.63, 3.8) is 0 Å².